The fourth-order valence-corrected chi connectivity index (χ4v) is 3.66. The number of carbonyl (C=O) groups excluding carboxylic acids is 2. The summed E-state index contributed by atoms with van der Waals surface area (Å²) in [5, 5.41) is 21.9. The van der Waals surface area contributed by atoms with Gasteiger partial charge in [-0.1, -0.05) is 29.8 Å². The SMILES string of the molecule is Cc1ccc(N2C(=O)C(=O)/C(=C(/O)c3ccc([N+](=O)[O-])cc3)[C@H]2c2ccc(F)cc2)cc1. The molecule has 0 saturated carbocycles. The third kappa shape index (κ3) is 3.62. The molecule has 160 valence electrons. The molecule has 3 aromatic rings. The third-order valence-electron chi connectivity index (χ3n) is 5.29. The normalized spacial score (nSPS) is 17.6. The molecule has 1 aliphatic rings. The largest absolute Gasteiger partial charge is 0.507 e. The molecule has 8 heteroatoms. The first-order chi connectivity index (χ1) is 15.3. The molecule has 1 amide bonds. The Morgan fingerprint density at radius 2 is 1.56 bits per heavy atom. The number of hydrogen-bond donors (Lipinski definition) is 1. The first kappa shape index (κ1) is 20.9. The number of benzene rings is 3. The molecule has 7 nitrogen and oxygen atoms in total. The fourth-order valence-electron chi connectivity index (χ4n) is 3.66. The Morgan fingerprint density at radius 3 is 2.12 bits per heavy atom. The minimum Gasteiger partial charge on any atom is -0.507 e. The Hall–Kier alpha value is -4.33. The van der Waals surface area contributed by atoms with Crippen molar-refractivity contribution in [3.8, 4) is 0 Å². The van der Waals surface area contributed by atoms with E-state index in [1.807, 2.05) is 6.92 Å². The lowest BCUT2D eigenvalue weighted by atomic mass is 9.95. The molecule has 1 heterocycles. The van der Waals surface area contributed by atoms with Crippen molar-refractivity contribution in [2.45, 2.75) is 13.0 Å². The number of aliphatic hydroxyl groups excluding tert-OH is 1. The number of halogens is 1. The fraction of sp³-hybridized carbons (Fsp3) is 0.0833. The van der Waals surface area contributed by atoms with Crippen molar-refractivity contribution in [2.24, 2.45) is 0 Å². The van der Waals surface area contributed by atoms with E-state index in [4.69, 9.17) is 0 Å². The smallest absolute Gasteiger partial charge is 0.300 e. The maximum atomic E-state index is 13.6. The molecular formula is C24H17FN2O5. The van der Waals surface area contributed by atoms with Gasteiger partial charge in [0.15, 0.2) is 0 Å². The van der Waals surface area contributed by atoms with Gasteiger partial charge in [0.25, 0.3) is 17.4 Å². The van der Waals surface area contributed by atoms with Gasteiger partial charge in [-0.15, -0.1) is 0 Å². The highest BCUT2D eigenvalue weighted by Gasteiger charge is 2.46. The lowest BCUT2D eigenvalue weighted by Gasteiger charge is -2.25. The van der Waals surface area contributed by atoms with E-state index in [0.717, 1.165) is 5.56 Å². The lowest BCUT2D eigenvalue weighted by molar-refractivity contribution is -0.384. The van der Waals surface area contributed by atoms with Gasteiger partial charge in [0.2, 0.25) is 0 Å². The van der Waals surface area contributed by atoms with Crippen molar-refractivity contribution in [3.05, 3.63) is 111 Å². The van der Waals surface area contributed by atoms with Crippen molar-refractivity contribution < 1.29 is 24.0 Å². The average molecular weight is 432 g/mol. The van der Waals surface area contributed by atoms with Crippen molar-refractivity contribution in [1.29, 1.82) is 0 Å². The van der Waals surface area contributed by atoms with Gasteiger partial charge in [-0.3, -0.25) is 24.6 Å². The van der Waals surface area contributed by atoms with Crippen LogP contribution >= 0.6 is 0 Å². The van der Waals surface area contributed by atoms with Crippen molar-refractivity contribution in [3.63, 3.8) is 0 Å². The van der Waals surface area contributed by atoms with Gasteiger partial charge < -0.3 is 5.11 Å². The minimum atomic E-state index is -1.01. The number of anilines is 1. The molecular weight excluding hydrogens is 415 g/mol. The van der Waals surface area contributed by atoms with Crippen LogP contribution in [0.5, 0.6) is 0 Å². The zero-order chi connectivity index (χ0) is 23.0. The van der Waals surface area contributed by atoms with Gasteiger partial charge in [0, 0.05) is 23.4 Å². The minimum absolute atomic E-state index is 0.143. The van der Waals surface area contributed by atoms with E-state index in [1.165, 1.54) is 53.4 Å². The molecule has 32 heavy (non-hydrogen) atoms. The molecule has 1 aliphatic heterocycles. The van der Waals surface area contributed by atoms with Crippen LogP contribution in [-0.4, -0.2) is 21.7 Å². The molecule has 4 rings (SSSR count). The van der Waals surface area contributed by atoms with Crippen LogP contribution in [0.1, 0.15) is 22.7 Å². The number of hydrogen-bond acceptors (Lipinski definition) is 5. The number of aryl methyl sites for hydroxylation is 1. The summed E-state index contributed by atoms with van der Waals surface area (Å²) >= 11 is 0. The number of nitro groups is 1. The number of Topliss-reactive ketones (excluding diaryl/α,β-unsaturated/α-hetero) is 1. The maximum absolute atomic E-state index is 13.6. The predicted molar refractivity (Wildman–Crippen MR) is 115 cm³/mol. The quantitative estimate of drug-likeness (QED) is 0.212. The Kier molecular flexibility index (Phi) is 5.28. The highest BCUT2D eigenvalue weighted by atomic mass is 19.1. The Morgan fingerprint density at radius 1 is 0.969 bits per heavy atom. The standard InChI is InChI=1S/C24H17FN2O5/c1-14-2-10-18(11-3-14)26-21(15-4-8-17(25)9-5-15)20(23(29)24(26)30)22(28)16-6-12-19(13-7-16)27(31)32/h2-13,21,28H,1H3/b22-20+/t21-/m1/s1. The zero-order valence-corrected chi connectivity index (χ0v) is 16.9. The number of non-ortho nitro benzene ring substituents is 1. The monoisotopic (exact) mass is 432 g/mol. The third-order valence-corrected chi connectivity index (χ3v) is 5.29. The lowest BCUT2D eigenvalue weighted by Crippen LogP contribution is -2.29. The van der Waals surface area contributed by atoms with E-state index < -0.39 is 34.2 Å². The van der Waals surface area contributed by atoms with Crippen molar-refractivity contribution in [2.75, 3.05) is 4.90 Å². The molecule has 0 spiro atoms. The van der Waals surface area contributed by atoms with Crippen LogP contribution in [0.15, 0.2) is 78.4 Å². The summed E-state index contributed by atoms with van der Waals surface area (Å²) in [6.07, 6.45) is 0. The van der Waals surface area contributed by atoms with Gasteiger partial charge in [0.1, 0.15) is 11.6 Å². The second-order valence-corrected chi connectivity index (χ2v) is 7.36. The van der Waals surface area contributed by atoms with E-state index >= 15 is 0 Å². The van der Waals surface area contributed by atoms with Crippen LogP contribution < -0.4 is 4.90 Å². The summed E-state index contributed by atoms with van der Waals surface area (Å²) in [5.41, 5.74) is 1.59. The summed E-state index contributed by atoms with van der Waals surface area (Å²) in [4.78, 5) is 37.6. The number of nitrogens with zero attached hydrogens (tertiary/aromatic N) is 2. The first-order valence-electron chi connectivity index (χ1n) is 9.66. The molecule has 0 unspecified atom stereocenters. The zero-order valence-electron chi connectivity index (χ0n) is 16.9. The van der Waals surface area contributed by atoms with E-state index in [9.17, 15) is 29.2 Å². The number of carbonyl (C=O) groups is 2. The maximum Gasteiger partial charge on any atom is 0.300 e. The summed E-state index contributed by atoms with van der Waals surface area (Å²) in [6.45, 7) is 1.88. The number of aliphatic hydroxyl groups is 1. The van der Waals surface area contributed by atoms with E-state index in [-0.39, 0.29) is 16.8 Å². The Balaban J connectivity index is 1.90. The molecule has 1 N–H and O–H groups in total. The number of nitro benzene ring substituents is 1. The average Bonchev–Trinajstić information content (AvgIpc) is 3.05. The van der Waals surface area contributed by atoms with Crippen molar-refractivity contribution >= 4 is 28.8 Å². The van der Waals surface area contributed by atoms with E-state index in [0.29, 0.717) is 11.3 Å². The van der Waals surface area contributed by atoms with Gasteiger partial charge in [-0.05, 0) is 48.9 Å². The summed E-state index contributed by atoms with van der Waals surface area (Å²) in [7, 11) is 0. The van der Waals surface area contributed by atoms with Gasteiger partial charge in [0.05, 0.1) is 16.5 Å². The van der Waals surface area contributed by atoms with Gasteiger partial charge in [-0.2, -0.15) is 0 Å². The second-order valence-electron chi connectivity index (χ2n) is 7.36. The number of rotatable bonds is 4. The molecule has 0 aromatic heterocycles. The molecule has 1 atom stereocenters. The number of amides is 1. The Bertz CT molecular complexity index is 1250. The van der Waals surface area contributed by atoms with Crippen LogP contribution in [0.2, 0.25) is 0 Å². The molecule has 1 fully saturated rings. The van der Waals surface area contributed by atoms with E-state index in [1.54, 1.807) is 24.3 Å². The van der Waals surface area contributed by atoms with Crippen LogP contribution in [0.25, 0.3) is 5.76 Å². The number of ketones is 1. The summed E-state index contributed by atoms with van der Waals surface area (Å²) in [6, 6.07) is 16.2. The first-order valence-corrected chi connectivity index (χ1v) is 9.66. The van der Waals surface area contributed by atoms with Crippen LogP contribution in [0.3, 0.4) is 0 Å². The Labute approximate surface area is 182 Å². The topological polar surface area (TPSA) is 101 Å². The van der Waals surface area contributed by atoms with Crippen LogP contribution in [0, 0.1) is 22.9 Å². The predicted octanol–water partition coefficient (Wildman–Crippen LogP) is 4.67. The van der Waals surface area contributed by atoms with Crippen molar-refractivity contribution in [1.82, 2.24) is 0 Å². The molecule has 0 radical (unpaired) electrons. The molecule has 0 aliphatic carbocycles. The second kappa shape index (κ2) is 8.07. The van der Waals surface area contributed by atoms with Crippen LogP contribution in [-0.2, 0) is 9.59 Å². The van der Waals surface area contributed by atoms with E-state index in [2.05, 4.69) is 0 Å². The highest BCUT2D eigenvalue weighted by molar-refractivity contribution is 6.51. The highest BCUT2D eigenvalue weighted by Crippen LogP contribution is 2.42. The van der Waals surface area contributed by atoms with Crippen LogP contribution in [0.4, 0.5) is 15.8 Å². The molecule has 3 aromatic carbocycles. The van der Waals surface area contributed by atoms with Gasteiger partial charge in [-0.25, -0.2) is 4.39 Å². The molecule has 1 saturated heterocycles. The summed E-state index contributed by atoms with van der Waals surface area (Å²) < 4.78 is 13.6. The molecule has 0 bridgehead atoms. The van der Waals surface area contributed by atoms with Gasteiger partial charge >= 0.3 is 0 Å². The summed E-state index contributed by atoms with van der Waals surface area (Å²) in [5.74, 6) is -2.71.